The van der Waals surface area contributed by atoms with Gasteiger partial charge < -0.3 is 15.0 Å². The van der Waals surface area contributed by atoms with Crippen LogP contribution in [0.2, 0.25) is 5.02 Å². The summed E-state index contributed by atoms with van der Waals surface area (Å²) >= 11 is 6.03. The van der Waals surface area contributed by atoms with E-state index >= 15 is 0 Å². The third kappa shape index (κ3) is 4.39. The summed E-state index contributed by atoms with van der Waals surface area (Å²) in [6, 6.07) is 11.2. The van der Waals surface area contributed by atoms with E-state index in [1.807, 2.05) is 51.0 Å². The molecule has 0 saturated heterocycles. The van der Waals surface area contributed by atoms with Gasteiger partial charge in [-0.15, -0.1) is 0 Å². The van der Waals surface area contributed by atoms with Crippen molar-refractivity contribution in [2.24, 2.45) is 0 Å². The Hall–Kier alpha value is -2.20. The number of benzene rings is 2. The van der Waals surface area contributed by atoms with Crippen LogP contribution in [-0.4, -0.2) is 26.6 Å². The Bertz CT molecular complexity index is 714. The number of amides is 1. The number of rotatable bonds is 5. The van der Waals surface area contributed by atoms with E-state index in [-0.39, 0.29) is 12.5 Å². The summed E-state index contributed by atoms with van der Waals surface area (Å²) in [4.78, 5) is 14.1. The summed E-state index contributed by atoms with van der Waals surface area (Å²) in [7, 11) is 3.98. The van der Waals surface area contributed by atoms with Crippen molar-refractivity contribution in [2.45, 2.75) is 13.8 Å². The lowest BCUT2D eigenvalue weighted by atomic mass is 10.1. The van der Waals surface area contributed by atoms with Gasteiger partial charge in [0.2, 0.25) is 0 Å². The summed E-state index contributed by atoms with van der Waals surface area (Å²) in [5.74, 6) is 0.410. The van der Waals surface area contributed by atoms with Gasteiger partial charge in [0.25, 0.3) is 5.91 Å². The van der Waals surface area contributed by atoms with Crippen molar-refractivity contribution in [3.05, 3.63) is 52.5 Å². The van der Waals surface area contributed by atoms with Gasteiger partial charge in [-0.1, -0.05) is 17.7 Å². The molecule has 23 heavy (non-hydrogen) atoms. The predicted octanol–water partition coefficient (Wildman–Crippen LogP) is 4.04. The van der Waals surface area contributed by atoms with E-state index in [1.165, 1.54) is 0 Å². The molecule has 2 aromatic carbocycles. The van der Waals surface area contributed by atoms with Crippen LogP contribution in [0.3, 0.4) is 0 Å². The average Bonchev–Trinajstić information content (AvgIpc) is 2.48. The molecule has 0 spiro atoms. The Balaban J connectivity index is 1.97. The number of ether oxygens (including phenoxy) is 1. The van der Waals surface area contributed by atoms with Crippen molar-refractivity contribution in [1.82, 2.24) is 0 Å². The van der Waals surface area contributed by atoms with Gasteiger partial charge in [0.15, 0.2) is 6.61 Å². The van der Waals surface area contributed by atoms with E-state index < -0.39 is 0 Å². The molecule has 0 unspecified atom stereocenters. The molecule has 0 fully saturated rings. The zero-order chi connectivity index (χ0) is 17.0. The number of halogens is 1. The van der Waals surface area contributed by atoms with Gasteiger partial charge in [0, 0.05) is 36.1 Å². The number of carbonyl (C=O) groups is 1. The minimum absolute atomic E-state index is 0.0599. The number of aryl methyl sites for hydroxylation is 1. The largest absolute Gasteiger partial charge is 0.483 e. The first-order valence-corrected chi connectivity index (χ1v) is 7.72. The Labute approximate surface area is 142 Å². The van der Waals surface area contributed by atoms with Crippen molar-refractivity contribution in [1.29, 1.82) is 0 Å². The van der Waals surface area contributed by atoms with E-state index in [0.717, 1.165) is 22.5 Å². The maximum absolute atomic E-state index is 12.0. The third-order valence-electron chi connectivity index (χ3n) is 3.54. The average molecular weight is 333 g/mol. The molecule has 1 N–H and O–H groups in total. The molecule has 4 nitrogen and oxygen atoms in total. The number of carbonyl (C=O) groups excluding carboxylic acids is 1. The molecule has 0 aliphatic carbocycles. The summed E-state index contributed by atoms with van der Waals surface area (Å²) in [5, 5.41) is 3.46. The van der Waals surface area contributed by atoms with Crippen LogP contribution in [0.5, 0.6) is 5.75 Å². The number of nitrogens with one attached hydrogen (secondary N) is 1. The molecule has 0 heterocycles. The topological polar surface area (TPSA) is 41.6 Å². The summed E-state index contributed by atoms with van der Waals surface area (Å²) in [6.07, 6.45) is 0. The van der Waals surface area contributed by atoms with Crippen molar-refractivity contribution < 1.29 is 9.53 Å². The molecule has 0 radical (unpaired) electrons. The molecule has 0 atom stereocenters. The van der Waals surface area contributed by atoms with Crippen molar-refractivity contribution in [2.75, 3.05) is 30.9 Å². The highest BCUT2D eigenvalue weighted by Crippen LogP contribution is 2.25. The zero-order valence-corrected chi connectivity index (χ0v) is 14.6. The van der Waals surface area contributed by atoms with Crippen LogP contribution in [-0.2, 0) is 4.79 Å². The molecule has 1 amide bonds. The fourth-order valence-electron chi connectivity index (χ4n) is 2.32. The molecular formula is C18H21ClN2O2. The Morgan fingerprint density at radius 2 is 1.96 bits per heavy atom. The highest BCUT2D eigenvalue weighted by Gasteiger charge is 2.08. The van der Waals surface area contributed by atoms with Crippen LogP contribution in [0.15, 0.2) is 36.4 Å². The van der Waals surface area contributed by atoms with Gasteiger partial charge in [-0.3, -0.25) is 4.79 Å². The predicted molar refractivity (Wildman–Crippen MR) is 95.8 cm³/mol. The molecule has 5 heteroatoms. The number of hydrogen-bond acceptors (Lipinski definition) is 3. The normalized spacial score (nSPS) is 10.3. The third-order valence-corrected chi connectivity index (χ3v) is 3.95. The molecule has 0 bridgehead atoms. The monoisotopic (exact) mass is 332 g/mol. The smallest absolute Gasteiger partial charge is 0.262 e. The molecule has 0 aromatic heterocycles. The Morgan fingerprint density at radius 3 is 2.61 bits per heavy atom. The highest BCUT2D eigenvalue weighted by atomic mass is 35.5. The zero-order valence-electron chi connectivity index (χ0n) is 13.8. The molecule has 122 valence electrons. The van der Waals surface area contributed by atoms with Gasteiger partial charge in [-0.25, -0.2) is 0 Å². The summed E-state index contributed by atoms with van der Waals surface area (Å²) in [5.41, 5.74) is 3.80. The lowest BCUT2D eigenvalue weighted by Crippen LogP contribution is -2.20. The van der Waals surface area contributed by atoms with Gasteiger partial charge in [-0.2, -0.15) is 0 Å². The van der Waals surface area contributed by atoms with Gasteiger partial charge in [0.05, 0.1) is 0 Å². The summed E-state index contributed by atoms with van der Waals surface area (Å²) in [6.45, 7) is 3.81. The minimum atomic E-state index is -0.207. The van der Waals surface area contributed by atoms with Crippen LogP contribution in [0.4, 0.5) is 11.4 Å². The van der Waals surface area contributed by atoms with Crippen LogP contribution in [0.25, 0.3) is 0 Å². The molecule has 0 aliphatic rings. The van der Waals surface area contributed by atoms with Crippen molar-refractivity contribution in [3.63, 3.8) is 0 Å². The van der Waals surface area contributed by atoms with Gasteiger partial charge >= 0.3 is 0 Å². The lowest BCUT2D eigenvalue weighted by molar-refractivity contribution is -0.118. The standard InChI is InChI=1S/C18H21ClN2O2/c1-12-10-14(8-9-16(12)21(3)4)20-18(22)11-23-17-7-5-6-15(19)13(17)2/h5-10H,11H2,1-4H3,(H,20,22). The number of anilines is 2. The Morgan fingerprint density at radius 1 is 1.22 bits per heavy atom. The van der Waals surface area contributed by atoms with Crippen molar-refractivity contribution in [3.8, 4) is 5.75 Å². The fraction of sp³-hybridized carbons (Fsp3) is 0.278. The first-order valence-electron chi connectivity index (χ1n) is 7.34. The van der Waals surface area contributed by atoms with Crippen molar-refractivity contribution >= 4 is 28.9 Å². The Kier molecular flexibility index (Phi) is 5.50. The second kappa shape index (κ2) is 7.38. The van der Waals surface area contributed by atoms with Crippen LogP contribution in [0, 0.1) is 13.8 Å². The van der Waals surface area contributed by atoms with Gasteiger partial charge in [-0.05, 0) is 49.7 Å². The second-order valence-corrected chi connectivity index (χ2v) is 6.00. The molecular weight excluding hydrogens is 312 g/mol. The molecule has 0 aliphatic heterocycles. The van der Waals surface area contributed by atoms with Gasteiger partial charge in [0.1, 0.15) is 5.75 Å². The first kappa shape index (κ1) is 17.2. The summed E-state index contributed by atoms with van der Waals surface area (Å²) < 4.78 is 5.54. The van der Waals surface area contributed by atoms with E-state index in [1.54, 1.807) is 18.2 Å². The maximum atomic E-state index is 12.0. The van der Waals surface area contributed by atoms with Crippen LogP contribution in [0.1, 0.15) is 11.1 Å². The lowest BCUT2D eigenvalue weighted by Gasteiger charge is -2.16. The minimum Gasteiger partial charge on any atom is -0.483 e. The second-order valence-electron chi connectivity index (χ2n) is 5.60. The molecule has 2 rings (SSSR count). The molecule has 2 aromatic rings. The van der Waals surface area contributed by atoms with Crippen LogP contribution >= 0.6 is 11.6 Å². The molecule has 0 saturated carbocycles. The SMILES string of the molecule is Cc1cc(NC(=O)COc2cccc(Cl)c2C)ccc1N(C)C. The quantitative estimate of drug-likeness (QED) is 0.898. The van der Waals surface area contributed by atoms with E-state index in [0.29, 0.717) is 10.8 Å². The number of hydrogen-bond donors (Lipinski definition) is 1. The van der Waals surface area contributed by atoms with Crippen LogP contribution < -0.4 is 15.0 Å². The fourth-order valence-corrected chi connectivity index (χ4v) is 2.49. The van der Waals surface area contributed by atoms with E-state index in [2.05, 4.69) is 5.32 Å². The highest BCUT2D eigenvalue weighted by molar-refractivity contribution is 6.31. The maximum Gasteiger partial charge on any atom is 0.262 e. The first-order chi connectivity index (χ1) is 10.9. The number of nitrogens with zero attached hydrogens (tertiary/aromatic N) is 1. The van der Waals surface area contributed by atoms with E-state index in [9.17, 15) is 4.79 Å². The van der Waals surface area contributed by atoms with E-state index in [4.69, 9.17) is 16.3 Å².